The predicted molar refractivity (Wildman–Crippen MR) is 93.2 cm³/mol. The first-order valence-electron chi connectivity index (χ1n) is 8.05. The average molecular weight is 305 g/mol. The first-order chi connectivity index (χ1) is 10.2. The Balaban J connectivity index is 2.53. The number of fused-ring (bicyclic) bond motifs is 1. The maximum atomic E-state index is 6.26. The van der Waals surface area contributed by atoms with Gasteiger partial charge in [0.25, 0.3) is 0 Å². The molecule has 0 saturated heterocycles. The number of nitrogens with one attached hydrogen (secondary N) is 1. The molecule has 0 bridgehead atoms. The van der Waals surface area contributed by atoms with Crippen LogP contribution in [0.3, 0.4) is 0 Å². The lowest BCUT2D eigenvalue weighted by Gasteiger charge is -2.40. The third-order valence-corrected chi connectivity index (χ3v) is 5.36. The van der Waals surface area contributed by atoms with Gasteiger partial charge in [-0.05, 0) is 48.7 Å². The zero-order chi connectivity index (χ0) is 15.3. The maximum Gasteiger partial charge on any atom is 0.0871 e. The lowest BCUT2D eigenvalue weighted by Crippen LogP contribution is -2.45. The highest BCUT2D eigenvalue weighted by molar-refractivity contribution is 7.17. The van der Waals surface area contributed by atoms with Crippen molar-refractivity contribution in [1.29, 1.82) is 0 Å². The zero-order valence-electron chi connectivity index (χ0n) is 13.6. The molecule has 1 unspecified atom stereocenters. The smallest absolute Gasteiger partial charge is 0.0871 e. The summed E-state index contributed by atoms with van der Waals surface area (Å²) in [5.74, 6) is 0. The molecule has 0 amide bonds. The van der Waals surface area contributed by atoms with Crippen LogP contribution in [0.4, 0.5) is 0 Å². The van der Waals surface area contributed by atoms with Gasteiger partial charge in [0.15, 0.2) is 0 Å². The van der Waals surface area contributed by atoms with E-state index >= 15 is 0 Å². The molecule has 1 atom stereocenters. The fourth-order valence-corrected chi connectivity index (χ4v) is 4.21. The number of hydrogen-bond donors (Lipinski definition) is 1. The summed E-state index contributed by atoms with van der Waals surface area (Å²) >= 11 is 1.83. The fourth-order valence-electron chi connectivity index (χ4n) is 3.26. The van der Waals surface area contributed by atoms with Gasteiger partial charge >= 0.3 is 0 Å². The Morgan fingerprint density at radius 3 is 2.52 bits per heavy atom. The highest BCUT2D eigenvalue weighted by Crippen LogP contribution is 2.39. The van der Waals surface area contributed by atoms with Gasteiger partial charge in [-0.25, -0.2) is 0 Å². The van der Waals surface area contributed by atoms with Gasteiger partial charge in [0.05, 0.1) is 11.6 Å². The number of hydrogen-bond acceptors (Lipinski definition) is 3. The van der Waals surface area contributed by atoms with E-state index in [1.54, 1.807) is 0 Å². The van der Waals surface area contributed by atoms with Crippen molar-refractivity contribution in [3.8, 4) is 0 Å². The molecular formula is C18H27NOS. The second-order valence-electron chi connectivity index (χ2n) is 5.38. The SMILES string of the molecule is CCNC(c1cccc2ccsc12)C(CC)(CC)OCC. The normalized spacial score (nSPS) is 13.7. The summed E-state index contributed by atoms with van der Waals surface area (Å²) in [7, 11) is 0. The van der Waals surface area contributed by atoms with E-state index in [0.29, 0.717) is 0 Å². The van der Waals surface area contributed by atoms with Crippen molar-refractivity contribution in [2.24, 2.45) is 0 Å². The molecule has 2 aromatic rings. The van der Waals surface area contributed by atoms with Gasteiger partial charge in [0.1, 0.15) is 0 Å². The van der Waals surface area contributed by atoms with Crippen molar-refractivity contribution in [3.63, 3.8) is 0 Å². The monoisotopic (exact) mass is 305 g/mol. The predicted octanol–water partition coefficient (Wildman–Crippen LogP) is 5.15. The van der Waals surface area contributed by atoms with Crippen molar-refractivity contribution in [2.45, 2.75) is 52.2 Å². The molecule has 116 valence electrons. The van der Waals surface area contributed by atoms with Gasteiger partial charge in [0, 0.05) is 11.3 Å². The van der Waals surface area contributed by atoms with E-state index in [2.05, 4.69) is 62.7 Å². The van der Waals surface area contributed by atoms with E-state index in [9.17, 15) is 0 Å². The topological polar surface area (TPSA) is 21.3 Å². The first-order valence-corrected chi connectivity index (χ1v) is 8.93. The molecule has 2 rings (SSSR count). The zero-order valence-corrected chi connectivity index (χ0v) is 14.4. The van der Waals surface area contributed by atoms with Crippen molar-refractivity contribution in [2.75, 3.05) is 13.2 Å². The van der Waals surface area contributed by atoms with E-state index in [0.717, 1.165) is 26.0 Å². The lowest BCUT2D eigenvalue weighted by atomic mass is 9.83. The summed E-state index contributed by atoms with van der Waals surface area (Å²) in [4.78, 5) is 0. The van der Waals surface area contributed by atoms with Gasteiger partial charge < -0.3 is 10.1 Å². The van der Waals surface area contributed by atoms with E-state index < -0.39 is 0 Å². The average Bonchev–Trinajstić information content (AvgIpc) is 2.99. The summed E-state index contributed by atoms with van der Waals surface area (Å²) in [6.45, 7) is 10.4. The molecular weight excluding hydrogens is 278 g/mol. The molecule has 0 saturated carbocycles. The second kappa shape index (κ2) is 7.39. The Kier molecular flexibility index (Phi) is 5.80. The third-order valence-electron chi connectivity index (χ3n) is 4.38. The van der Waals surface area contributed by atoms with Crippen LogP contribution in [0, 0.1) is 0 Å². The Morgan fingerprint density at radius 2 is 1.90 bits per heavy atom. The van der Waals surface area contributed by atoms with Gasteiger partial charge in [-0.2, -0.15) is 0 Å². The van der Waals surface area contributed by atoms with Crippen LogP contribution in [0.1, 0.15) is 52.1 Å². The minimum absolute atomic E-state index is 0.136. The van der Waals surface area contributed by atoms with E-state index in [1.165, 1.54) is 15.6 Å². The van der Waals surface area contributed by atoms with Crippen LogP contribution in [0.25, 0.3) is 10.1 Å². The first kappa shape index (κ1) is 16.5. The number of thiophene rings is 1. The third kappa shape index (κ3) is 3.15. The Labute approximate surface area is 132 Å². The molecule has 3 heteroatoms. The number of likely N-dealkylation sites (N-methyl/N-ethyl adjacent to an activating group) is 1. The quantitative estimate of drug-likeness (QED) is 0.728. The molecule has 0 radical (unpaired) electrons. The molecule has 0 aliphatic carbocycles. The summed E-state index contributed by atoms with van der Waals surface area (Å²) in [6, 6.07) is 9.05. The molecule has 21 heavy (non-hydrogen) atoms. The Morgan fingerprint density at radius 1 is 1.14 bits per heavy atom. The highest BCUT2D eigenvalue weighted by atomic mass is 32.1. The largest absolute Gasteiger partial charge is 0.373 e. The van der Waals surface area contributed by atoms with Gasteiger partial charge in [-0.15, -0.1) is 11.3 Å². The van der Waals surface area contributed by atoms with Crippen LogP contribution < -0.4 is 5.32 Å². The lowest BCUT2D eigenvalue weighted by molar-refractivity contribution is -0.0726. The number of benzene rings is 1. The molecule has 2 nitrogen and oxygen atoms in total. The van der Waals surface area contributed by atoms with E-state index in [4.69, 9.17) is 4.74 Å². The van der Waals surface area contributed by atoms with Crippen molar-refractivity contribution >= 4 is 21.4 Å². The number of ether oxygens (including phenoxy) is 1. The van der Waals surface area contributed by atoms with Crippen LogP contribution in [-0.2, 0) is 4.74 Å². The Hall–Kier alpha value is -0.900. The van der Waals surface area contributed by atoms with Crippen LogP contribution in [0.2, 0.25) is 0 Å². The summed E-state index contributed by atoms with van der Waals surface area (Å²) in [5.41, 5.74) is 1.24. The highest BCUT2D eigenvalue weighted by Gasteiger charge is 2.37. The molecule has 1 N–H and O–H groups in total. The molecule has 1 aromatic carbocycles. The van der Waals surface area contributed by atoms with Crippen LogP contribution in [0.15, 0.2) is 29.6 Å². The van der Waals surface area contributed by atoms with Gasteiger partial charge in [-0.3, -0.25) is 0 Å². The fraction of sp³-hybridized carbons (Fsp3) is 0.556. The summed E-state index contributed by atoms with van der Waals surface area (Å²) in [5, 5.41) is 7.20. The van der Waals surface area contributed by atoms with Crippen LogP contribution in [-0.4, -0.2) is 18.8 Å². The Bertz CT molecular complexity index is 559. The molecule has 0 aliphatic rings. The van der Waals surface area contributed by atoms with E-state index in [1.807, 2.05) is 11.3 Å². The standard InChI is InChI=1S/C18H27NOS/c1-5-18(6-2,20-8-4)17(19-7-3)15-11-9-10-14-12-13-21-16(14)15/h9-13,17,19H,5-8H2,1-4H3. The molecule has 0 fully saturated rings. The minimum Gasteiger partial charge on any atom is -0.373 e. The van der Waals surface area contributed by atoms with Crippen LogP contribution >= 0.6 is 11.3 Å². The van der Waals surface area contributed by atoms with Crippen molar-refractivity contribution in [3.05, 3.63) is 35.2 Å². The summed E-state index contributed by atoms with van der Waals surface area (Å²) in [6.07, 6.45) is 2.02. The van der Waals surface area contributed by atoms with Crippen LogP contribution in [0.5, 0.6) is 0 Å². The summed E-state index contributed by atoms with van der Waals surface area (Å²) < 4.78 is 7.65. The molecule has 1 aromatic heterocycles. The van der Waals surface area contributed by atoms with Crippen molar-refractivity contribution < 1.29 is 4.74 Å². The molecule has 1 heterocycles. The molecule has 0 aliphatic heterocycles. The van der Waals surface area contributed by atoms with Gasteiger partial charge in [0.2, 0.25) is 0 Å². The maximum absolute atomic E-state index is 6.26. The van der Waals surface area contributed by atoms with Gasteiger partial charge in [-0.1, -0.05) is 39.0 Å². The number of rotatable bonds is 8. The molecule has 0 spiro atoms. The second-order valence-corrected chi connectivity index (χ2v) is 6.30. The minimum atomic E-state index is -0.136. The van der Waals surface area contributed by atoms with Crippen molar-refractivity contribution in [1.82, 2.24) is 5.32 Å². The van der Waals surface area contributed by atoms with E-state index in [-0.39, 0.29) is 11.6 Å².